The van der Waals surface area contributed by atoms with Crippen molar-refractivity contribution in [3.05, 3.63) is 95.6 Å². The second-order valence-corrected chi connectivity index (χ2v) is 53.0. The number of Topliss-reactive ketones (excluding diaryl/α,β-unsaturated/α-hetero) is 1. The van der Waals surface area contributed by atoms with Gasteiger partial charge in [-0.25, -0.2) is 0 Å². The Morgan fingerprint density at radius 2 is 0.747 bits per heavy atom. The van der Waals surface area contributed by atoms with Crippen LogP contribution in [0.5, 0.6) is 11.5 Å². The summed E-state index contributed by atoms with van der Waals surface area (Å²) in [6.07, 6.45) is -1.71. The van der Waals surface area contributed by atoms with Crippen molar-refractivity contribution in [2.75, 3.05) is 46.1 Å². The van der Waals surface area contributed by atoms with Crippen molar-refractivity contribution >= 4 is 82.0 Å². The number of ketones is 2. The molecule has 0 radical (unpaired) electrons. The Bertz CT molecular complexity index is 2690. The minimum atomic E-state index is -4.37. The summed E-state index contributed by atoms with van der Waals surface area (Å²) in [5.74, 6) is 0.488. The third-order valence-electron chi connectivity index (χ3n) is 15.3. The van der Waals surface area contributed by atoms with E-state index >= 15 is 0 Å². The largest absolute Gasteiger partial charge is 0.491 e. The van der Waals surface area contributed by atoms with Crippen LogP contribution < -0.4 is 9.47 Å². The summed E-state index contributed by atoms with van der Waals surface area (Å²) in [7, 11) is -33.5. The van der Waals surface area contributed by atoms with Crippen LogP contribution in [0, 0.1) is 41.4 Å². The number of hydrogen-bond acceptors (Lipinski definition) is 21. The van der Waals surface area contributed by atoms with Gasteiger partial charge in [-0.1, -0.05) is 127 Å². The normalized spacial score (nSPS) is 29.7. The molecule has 510 valence electrons. The predicted molar refractivity (Wildman–Crippen MR) is 360 cm³/mol. The number of carbonyl (C=O) groups is 2. The molecule has 2 unspecified atom stereocenters. The second-order valence-electron chi connectivity index (χ2n) is 28.9. The van der Waals surface area contributed by atoms with Gasteiger partial charge in [-0.3, -0.25) is 14.5 Å². The Morgan fingerprint density at radius 3 is 1.10 bits per heavy atom. The molecule has 2 atom stereocenters. The Kier molecular flexibility index (Phi) is 25.0. The summed E-state index contributed by atoms with van der Waals surface area (Å²) in [6.45, 7) is 33.3. The van der Waals surface area contributed by atoms with Crippen LogP contribution in [0.25, 0.3) is 0 Å². The highest BCUT2D eigenvalue weighted by molar-refractivity contribution is 7.03. The fourth-order valence-electron chi connectivity index (χ4n) is 12.5. The molecular weight excluding hydrogens is 1300 g/mol. The molecule has 3 N–H and O–H groups in total. The summed E-state index contributed by atoms with van der Waals surface area (Å²) >= 11 is 0. The van der Waals surface area contributed by atoms with Gasteiger partial charge in [0.1, 0.15) is 36.4 Å². The minimum absolute atomic E-state index is 0.0145. The first-order valence-electron chi connectivity index (χ1n) is 33.0. The van der Waals surface area contributed by atoms with Crippen molar-refractivity contribution in [2.45, 2.75) is 183 Å². The summed E-state index contributed by atoms with van der Waals surface area (Å²) in [4.78, 5) is 27.8. The molecule has 21 nitrogen and oxygen atoms in total. The highest BCUT2D eigenvalue weighted by Crippen LogP contribution is 2.56. The molecular formula is C62H105NO20Si8. The summed E-state index contributed by atoms with van der Waals surface area (Å²) in [5.41, 5.74) is -0.0636. The second kappa shape index (κ2) is 30.6. The van der Waals surface area contributed by atoms with Crippen LogP contribution in [-0.4, -0.2) is 166 Å². The summed E-state index contributed by atoms with van der Waals surface area (Å²) in [5, 5.41) is 33.9. The van der Waals surface area contributed by atoms with Gasteiger partial charge in [0.05, 0.1) is 19.3 Å². The lowest BCUT2D eigenvalue weighted by Crippen LogP contribution is -2.88. The van der Waals surface area contributed by atoms with Gasteiger partial charge in [0.2, 0.25) is 0 Å². The van der Waals surface area contributed by atoms with E-state index in [1.165, 1.54) is 13.8 Å². The van der Waals surface area contributed by atoms with Crippen LogP contribution >= 0.6 is 0 Å². The highest BCUT2D eigenvalue weighted by Gasteiger charge is 2.83. The van der Waals surface area contributed by atoms with E-state index < -0.39 is 94.0 Å². The van der Waals surface area contributed by atoms with Crippen molar-refractivity contribution in [1.29, 1.82) is 0 Å². The van der Waals surface area contributed by atoms with Crippen molar-refractivity contribution in [3.63, 3.8) is 0 Å². The lowest BCUT2D eigenvalue weighted by Gasteiger charge is -2.64. The van der Waals surface area contributed by atoms with Crippen LogP contribution in [0.2, 0.25) is 48.4 Å². The molecule has 0 saturated carbocycles. The van der Waals surface area contributed by atoms with Gasteiger partial charge in [0, 0.05) is 78.1 Å². The monoisotopic (exact) mass is 1410 g/mol. The van der Waals surface area contributed by atoms with Gasteiger partial charge in [0.15, 0.2) is 11.6 Å². The average Bonchev–Trinajstić information content (AvgIpc) is 0.687. The molecule has 0 aliphatic carbocycles. The third-order valence-corrected chi connectivity index (χ3v) is 55.3. The Morgan fingerprint density at radius 1 is 0.429 bits per heavy atom. The first kappa shape index (κ1) is 74.4. The van der Waals surface area contributed by atoms with E-state index in [0.717, 1.165) is 0 Å². The molecule has 6 aliphatic heterocycles. The van der Waals surface area contributed by atoms with Crippen LogP contribution in [0.15, 0.2) is 78.9 Å². The van der Waals surface area contributed by atoms with Crippen molar-refractivity contribution in [3.8, 4) is 11.5 Å². The van der Waals surface area contributed by atoms with Crippen molar-refractivity contribution in [2.24, 2.45) is 41.4 Å². The molecule has 3 aromatic carbocycles. The molecule has 0 spiro atoms. The Balaban J connectivity index is 1.14. The predicted octanol–water partition coefficient (Wildman–Crippen LogP) is 11.1. The van der Waals surface area contributed by atoms with Crippen LogP contribution in [0.4, 0.5) is 0 Å². The zero-order chi connectivity index (χ0) is 66.4. The first-order chi connectivity index (χ1) is 42.6. The number of carbonyl (C=O) groups excluding carboxylic acids is 2. The van der Waals surface area contributed by atoms with E-state index in [0.29, 0.717) is 83.5 Å². The molecule has 8 bridgehead atoms. The zero-order valence-corrected chi connectivity index (χ0v) is 64.7. The molecule has 6 heterocycles. The van der Waals surface area contributed by atoms with Crippen LogP contribution in [0.1, 0.15) is 143 Å². The smallest absolute Gasteiger partial charge is 0.479 e. The summed E-state index contributed by atoms with van der Waals surface area (Å²) < 4.78 is 114. The van der Waals surface area contributed by atoms with Gasteiger partial charge in [-0.2, -0.15) is 0 Å². The number of aliphatic hydroxyl groups is 3. The molecule has 3 aromatic rings. The lowest BCUT2D eigenvalue weighted by molar-refractivity contribution is -0.0344. The van der Waals surface area contributed by atoms with Crippen LogP contribution in [0.3, 0.4) is 0 Å². The first-order valence-corrected chi connectivity index (χ1v) is 48.5. The number of hydrogen-bond donors (Lipinski definition) is 3. The Hall–Kier alpha value is -2.34. The standard InChI is InChI=1S/C62H105NO20Si8/c1-46(2)39-85-72-84(34-20-31-63(35-56(64)37-69-32-33-70-58-29-25-55(26-30-58)61(67)62(15,16)68)36-57(65)38-71-59-27-23-54(24-28-59)60(66)53-21-18-17-19-22-53)73-86(40-47(3)4)77-88(75-85,42-49(7)8)81-91(45-52(13)14)82-89(76-85,43-50(9)10)78-87(74-84,41-48(5)6)80-90(79-86,83-91)44-51(11)12/h17-19,21-30,46-52,56-57,64-65,68H,20,31-45H2,1-16H3. The SMILES string of the molecule is CC(C)C[Si]12O[Si]3(CCCN(CC(O)COCCOc4ccc(C(=O)C(C)(C)O)cc4)CC(O)COc4ccc(C(=O)c5ccccc5)cc4)O[Si]4(CC(C)C)O[Si](CC(C)C)(O1)O[Si]1(CC(C)C)O[Si](CC(C)C)(O2)O[Si](CC(C)C)(O3)O[Si](CC(C)C)(O4)O1. The average molecular weight is 1410 g/mol. The fraction of sp³-hybridized carbons (Fsp3) is 0.677. The molecule has 6 fully saturated rings. The minimum Gasteiger partial charge on any atom is -0.491 e. The quantitative estimate of drug-likeness (QED) is 0.0282. The van der Waals surface area contributed by atoms with Crippen molar-refractivity contribution in [1.82, 2.24) is 4.90 Å². The highest BCUT2D eigenvalue weighted by atomic mass is 28.6. The topological polar surface area (TPSA) is 237 Å². The zero-order valence-electron chi connectivity index (χ0n) is 56.7. The Labute approximate surface area is 550 Å². The van der Waals surface area contributed by atoms with Gasteiger partial charge >= 0.3 is 70.4 Å². The summed E-state index contributed by atoms with van der Waals surface area (Å²) in [6, 6.07) is 25.2. The fourth-order valence-corrected chi connectivity index (χ4v) is 64.1. The molecule has 0 amide bonds. The number of benzene rings is 3. The third kappa shape index (κ3) is 20.1. The molecule has 0 aromatic heterocycles. The maximum Gasteiger partial charge on any atom is 0.479 e. The van der Waals surface area contributed by atoms with Crippen molar-refractivity contribution < 1.29 is 88.5 Å². The van der Waals surface area contributed by atoms with E-state index in [4.69, 9.17) is 63.6 Å². The molecule has 6 aliphatic rings. The van der Waals surface area contributed by atoms with E-state index in [1.54, 1.807) is 60.7 Å². The van der Waals surface area contributed by atoms with Gasteiger partial charge in [-0.05, 0) is 117 Å². The molecule has 29 heteroatoms. The van der Waals surface area contributed by atoms with E-state index in [-0.39, 0.29) is 92.8 Å². The maximum atomic E-state index is 13.2. The van der Waals surface area contributed by atoms with E-state index in [2.05, 4.69) is 96.9 Å². The van der Waals surface area contributed by atoms with E-state index in [1.807, 2.05) is 23.1 Å². The van der Waals surface area contributed by atoms with Gasteiger partial charge in [0.25, 0.3) is 0 Å². The maximum absolute atomic E-state index is 13.2. The van der Waals surface area contributed by atoms with Crippen LogP contribution in [-0.2, 0) is 54.1 Å². The number of nitrogens with zero attached hydrogens (tertiary/aromatic N) is 1. The molecule has 6 saturated heterocycles. The van der Waals surface area contributed by atoms with E-state index in [9.17, 15) is 24.9 Å². The molecule has 9 rings (SSSR count). The lowest BCUT2D eigenvalue weighted by atomic mass is 9.97. The molecule has 91 heavy (non-hydrogen) atoms. The number of ether oxygens (including phenoxy) is 3. The van der Waals surface area contributed by atoms with Gasteiger partial charge < -0.3 is 78.9 Å². The van der Waals surface area contributed by atoms with Gasteiger partial charge in [-0.15, -0.1) is 0 Å². The number of aliphatic hydroxyl groups excluding tert-OH is 2. The number of rotatable bonds is 35.